The Labute approximate surface area is 191 Å². The minimum atomic E-state index is -0.425. The van der Waals surface area contributed by atoms with Crippen molar-refractivity contribution >= 4 is 11.2 Å². The number of tetrazole rings is 1. The molecular weight excluding hydrogens is 414 g/mol. The quantitative estimate of drug-likeness (QED) is 0.405. The molecule has 3 aromatic heterocycles. The summed E-state index contributed by atoms with van der Waals surface area (Å²) in [6, 6.07) is 20.1. The molecule has 0 fully saturated rings. The number of benzene rings is 2. The van der Waals surface area contributed by atoms with E-state index in [-0.39, 0.29) is 0 Å². The second-order valence-electron chi connectivity index (χ2n) is 8.06. The number of rotatable bonds is 7. The molecule has 0 radical (unpaired) electrons. The number of pyridine rings is 1. The second kappa shape index (κ2) is 8.82. The second-order valence-corrected chi connectivity index (χ2v) is 8.06. The van der Waals surface area contributed by atoms with Gasteiger partial charge in [-0.3, -0.25) is 0 Å². The highest BCUT2D eigenvalue weighted by Crippen LogP contribution is 2.27. The number of hydrogen-bond donors (Lipinski definition) is 1. The molecule has 8 heteroatoms. The lowest BCUT2D eigenvalue weighted by molar-refractivity contribution is 0.237. The van der Waals surface area contributed by atoms with Gasteiger partial charge in [-0.1, -0.05) is 49.4 Å². The van der Waals surface area contributed by atoms with E-state index in [0.29, 0.717) is 12.4 Å². The predicted octanol–water partition coefficient (Wildman–Crippen LogP) is 4.34. The Balaban J connectivity index is 1.41. The van der Waals surface area contributed by atoms with E-state index in [1.165, 1.54) is 0 Å². The van der Waals surface area contributed by atoms with Gasteiger partial charge in [0.15, 0.2) is 17.6 Å². The van der Waals surface area contributed by atoms with E-state index in [9.17, 15) is 0 Å². The molecule has 0 spiro atoms. The zero-order valence-electron chi connectivity index (χ0n) is 18.9. The summed E-state index contributed by atoms with van der Waals surface area (Å²) in [5.41, 5.74) is 6.18. The van der Waals surface area contributed by atoms with Crippen molar-refractivity contribution in [2.24, 2.45) is 0 Å². The number of aryl methyl sites for hydroxylation is 3. The average Bonchev–Trinajstić information content (AvgIpc) is 3.48. The minimum Gasteiger partial charge on any atom is -0.478 e. The zero-order valence-corrected chi connectivity index (χ0v) is 18.9. The first-order chi connectivity index (χ1) is 16.1. The molecule has 8 nitrogen and oxygen atoms in total. The summed E-state index contributed by atoms with van der Waals surface area (Å²) >= 11 is 0. The number of fused-ring (bicyclic) bond motifs is 1. The maximum atomic E-state index is 6.28. The molecule has 0 saturated carbocycles. The normalized spacial score (nSPS) is 12.2. The van der Waals surface area contributed by atoms with Gasteiger partial charge >= 0.3 is 0 Å². The van der Waals surface area contributed by atoms with Crippen molar-refractivity contribution < 1.29 is 4.74 Å². The van der Waals surface area contributed by atoms with Crippen molar-refractivity contribution in [3.63, 3.8) is 0 Å². The first-order valence-corrected chi connectivity index (χ1v) is 11.0. The molecule has 0 aliphatic carbocycles. The number of aromatic nitrogens is 7. The first kappa shape index (κ1) is 20.8. The van der Waals surface area contributed by atoms with Crippen LogP contribution in [0.1, 0.15) is 47.1 Å². The first-order valence-electron chi connectivity index (χ1n) is 11.0. The number of H-pyrrole nitrogens is 1. The van der Waals surface area contributed by atoms with E-state index in [1.54, 1.807) is 0 Å². The van der Waals surface area contributed by atoms with Crippen LogP contribution in [-0.2, 0) is 13.0 Å². The van der Waals surface area contributed by atoms with Gasteiger partial charge in [0.2, 0.25) is 0 Å². The van der Waals surface area contributed by atoms with Gasteiger partial charge in [-0.05, 0) is 53.6 Å². The molecule has 5 rings (SSSR count). The van der Waals surface area contributed by atoms with Crippen LogP contribution in [0.2, 0.25) is 0 Å². The average molecular weight is 440 g/mol. The Kier molecular flexibility index (Phi) is 5.56. The van der Waals surface area contributed by atoms with Crippen molar-refractivity contribution in [3.8, 4) is 5.75 Å². The Morgan fingerprint density at radius 1 is 1.00 bits per heavy atom. The molecule has 1 N–H and O–H groups in total. The highest BCUT2D eigenvalue weighted by Gasteiger charge is 2.20. The monoisotopic (exact) mass is 439 g/mol. The minimum absolute atomic E-state index is 0.425. The lowest BCUT2D eigenvalue weighted by Crippen LogP contribution is -2.11. The maximum absolute atomic E-state index is 6.28. The van der Waals surface area contributed by atoms with Gasteiger partial charge in [0.05, 0.1) is 6.54 Å². The molecular formula is C25H25N7O. The van der Waals surface area contributed by atoms with Gasteiger partial charge in [-0.25, -0.2) is 15.1 Å². The molecule has 33 heavy (non-hydrogen) atoms. The van der Waals surface area contributed by atoms with Gasteiger partial charge in [-0.15, -0.1) is 5.10 Å². The molecule has 5 aromatic rings. The van der Waals surface area contributed by atoms with E-state index < -0.39 is 6.10 Å². The lowest BCUT2D eigenvalue weighted by atomic mass is 10.1. The fourth-order valence-corrected chi connectivity index (χ4v) is 4.06. The highest BCUT2D eigenvalue weighted by molar-refractivity contribution is 5.76. The van der Waals surface area contributed by atoms with Gasteiger partial charge in [0, 0.05) is 17.7 Å². The third-order valence-corrected chi connectivity index (χ3v) is 5.65. The lowest BCUT2D eigenvalue weighted by Gasteiger charge is -2.17. The number of imidazole rings is 1. The van der Waals surface area contributed by atoms with Gasteiger partial charge < -0.3 is 9.30 Å². The van der Waals surface area contributed by atoms with Crippen LogP contribution in [0.4, 0.5) is 0 Å². The third-order valence-electron chi connectivity index (χ3n) is 5.65. The van der Waals surface area contributed by atoms with Crippen molar-refractivity contribution in [1.29, 1.82) is 0 Å². The SMILES string of the molecule is CCc1nc2c(C)cc(C)nc2n1Cc1ccc(OC(c2ccccc2)c2nnn[nH]2)cc1. The summed E-state index contributed by atoms with van der Waals surface area (Å²) in [5.74, 6) is 2.33. The number of hydrogen-bond acceptors (Lipinski definition) is 6. The van der Waals surface area contributed by atoms with Crippen LogP contribution < -0.4 is 4.74 Å². The summed E-state index contributed by atoms with van der Waals surface area (Å²) in [6.45, 7) is 6.94. The van der Waals surface area contributed by atoms with Crippen LogP contribution in [-0.4, -0.2) is 35.2 Å². The fourth-order valence-electron chi connectivity index (χ4n) is 4.06. The molecule has 2 aromatic carbocycles. The van der Waals surface area contributed by atoms with Gasteiger partial charge in [0.1, 0.15) is 17.1 Å². The molecule has 166 valence electrons. The van der Waals surface area contributed by atoms with Crippen molar-refractivity contribution in [2.75, 3.05) is 0 Å². The summed E-state index contributed by atoms with van der Waals surface area (Å²) in [7, 11) is 0. The van der Waals surface area contributed by atoms with Crippen LogP contribution in [0.25, 0.3) is 11.2 Å². The largest absolute Gasteiger partial charge is 0.478 e. The Hall–Kier alpha value is -4.07. The molecule has 0 aliphatic rings. The molecule has 0 saturated heterocycles. The molecule has 1 unspecified atom stereocenters. The van der Waals surface area contributed by atoms with Gasteiger partial charge in [0.25, 0.3) is 0 Å². The summed E-state index contributed by atoms with van der Waals surface area (Å²) in [4.78, 5) is 9.61. The van der Waals surface area contributed by atoms with Crippen LogP contribution in [0.5, 0.6) is 5.75 Å². The molecule has 0 bridgehead atoms. The Bertz CT molecular complexity index is 1360. The van der Waals surface area contributed by atoms with Crippen molar-refractivity contribution in [1.82, 2.24) is 35.2 Å². The van der Waals surface area contributed by atoms with Crippen molar-refractivity contribution in [3.05, 3.63) is 94.7 Å². The predicted molar refractivity (Wildman–Crippen MR) is 125 cm³/mol. The zero-order chi connectivity index (χ0) is 22.8. The number of ether oxygens (including phenoxy) is 1. The standard InChI is InChI=1S/C25H25N7O/c1-4-21-27-22-16(2)14-17(3)26-25(22)32(21)15-18-10-12-20(13-11-18)33-23(24-28-30-31-29-24)19-8-6-5-7-9-19/h5-14,23H,4,15H2,1-3H3,(H,28,29,30,31). The number of aromatic amines is 1. The highest BCUT2D eigenvalue weighted by atomic mass is 16.5. The van der Waals surface area contributed by atoms with Gasteiger partial charge in [-0.2, -0.15) is 0 Å². The van der Waals surface area contributed by atoms with Crippen LogP contribution >= 0.6 is 0 Å². The third kappa shape index (κ3) is 4.19. The van der Waals surface area contributed by atoms with Crippen LogP contribution in [0.15, 0.2) is 60.7 Å². The smallest absolute Gasteiger partial charge is 0.194 e. The number of nitrogens with zero attached hydrogens (tertiary/aromatic N) is 6. The van der Waals surface area contributed by atoms with E-state index in [1.807, 2.05) is 49.4 Å². The Morgan fingerprint density at radius 3 is 2.48 bits per heavy atom. The van der Waals surface area contributed by atoms with Crippen LogP contribution in [0.3, 0.4) is 0 Å². The molecule has 1 atom stereocenters. The summed E-state index contributed by atoms with van der Waals surface area (Å²) < 4.78 is 8.48. The fraction of sp³-hybridized carbons (Fsp3) is 0.240. The Morgan fingerprint density at radius 2 is 1.79 bits per heavy atom. The van der Waals surface area contributed by atoms with Crippen molar-refractivity contribution in [2.45, 2.75) is 39.8 Å². The molecule has 3 heterocycles. The molecule has 0 amide bonds. The van der Waals surface area contributed by atoms with Crippen LogP contribution in [0, 0.1) is 13.8 Å². The van der Waals surface area contributed by atoms with E-state index >= 15 is 0 Å². The maximum Gasteiger partial charge on any atom is 0.194 e. The van der Waals surface area contributed by atoms with E-state index in [0.717, 1.165) is 51.5 Å². The summed E-state index contributed by atoms with van der Waals surface area (Å²) in [6.07, 6.45) is 0.423. The van der Waals surface area contributed by atoms with E-state index in [4.69, 9.17) is 14.7 Å². The summed E-state index contributed by atoms with van der Waals surface area (Å²) in [5, 5.41) is 14.3. The topological polar surface area (TPSA) is 94.4 Å². The van der Waals surface area contributed by atoms with E-state index in [2.05, 4.69) is 57.2 Å². The molecule has 0 aliphatic heterocycles. The number of nitrogens with one attached hydrogen (secondary N) is 1.